The van der Waals surface area contributed by atoms with E-state index >= 15 is 0 Å². The Hall–Kier alpha value is -3.38. The molecule has 0 saturated carbocycles. The topological polar surface area (TPSA) is 96.7 Å². The summed E-state index contributed by atoms with van der Waals surface area (Å²) in [5.41, 5.74) is -1.18. The van der Waals surface area contributed by atoms with Gasteiger partial charge in [-0.2, -0.15) is 18.3 Å². The lowest BCUT2D eigenvalue weighted by atomic mass is 10.1. The maximum atomic E-state index is 13.5. The monoisotopic (exact) mass is 523 g/mol. The lowest BCUT2D eigenvalue weighted by Crippen LogP contribution is -2.56. The molecule has 0 N–H and O–H groups in total. The second-order valence-electron chi connectivity index (χ2n) is 10.6. The third-order valence-electron chi connectivity index (χ3n) is 6.41. The smallest absolute Gasteiger partial charge is 0.433 e. The molecule has 0 bridgehead atoms. The van der Waals surface area contributed by atoms with E-state index in [4.69, 9.17) is 4.74 Å². The number of nitrogens with zero attached hydrogens (tertiary/aromatic N) is 7. The largest absolute Gasteiger partial charge is 0.444 e. The molecule has 2 atom stereocenters. The van der Waals surface area contributed by atoms with Gasteiger partial charge in [-0.05, 0) is 47.1 Å². The Bertz CT molecular complexity index is 1160. The summed E-state index contributed by atoms with van der Waals surface area (Å²) in [5, 5.41) is 4.18. The summed E-state index contributed by atoms with van der Waals surface area (Å²) >= 11 is 0. The van der Waals surface area contributed by atoms with Gasteiger partial charge in [0.25, 0.3) is 0 Å². The Morgan fingerprint density at radius 3 is 2.38 bits per heavy atom. The minimum atomic E-state index is -4.62. The minimum absolute atomic E-state index is 0.0316. The highest BCUT2D eigenvalue weighted by molar-refractivity contribution is 5.77. The van der Waals surface area contributed by atoms with Crippen LogP contribution in [-0.4, -0.2) is 85.4 Å². The number of carbonyl (C=O) groups is 2. The van der Waals surface area contributed by atoms with Gasteiger partial charge in [0.1, 0.15) is 12.1 Å². The van der Waals surface area contributed by atoms with Crippen molar-refractivity contribution in [1.82, 2.24) is 29.5 Å². The zero-order valence-corrected chi connectivity index (χ0v) is 21.6. The van der Waals surface area contributed by atoms with Crippen LogP contribution >= 0.6 is 0 Å². The van der Waals surface area contributed by atoms with Crippen molar-refractivity contribution >= 4 is 17.9 Å². The molecule has 4 rings (SSSR count). The molecule has 2 aliphatic heterocycles. The van der Waals surface area contributed by atoms with E-state index in [-0.39, 0.29) is 36.2 Å². The fourth-order valence-corrected chi connectivity index (χ4v) is 4.30. The van der Waals surface area contributed by atoms with Gasteiger partial charge < -0.3 is 19.4 Å². The fraction of sp³-hybridized carbons (Fsp3) is 0.625. The average molecular weight is 524 g/mol. The van der Waals surface area contributed by atoms with Gasteiger partial charge in [-0.25, -0.2) is 14.8 Å². The summed E-state index contributed by atoms with van der Waals surface area (Å²) in [6.45, 7) is 10.7. The number of carbonyl (C=O) groups excluding carboxylic acids is 2. The molecule has 2 aliphatic rings. The van der Waals surface area contributed by atoms with Crippen LogP contribution in [0.1, 0.15) is 46.7 Å². The van der Waals surface area contributed by atoms with Crippen molar-refractivity contribution in [3.63, 3.8) is 0 Å². The van der Waals surface area contributed by atoms with E-state index < -0.39 is 23.6 Å². The molecule has 10 nitrogen and oxygen atoms in total. The van der Waals surface area contributed by atoms with Crippen molar-refractivity contribution in [2.24, 2.45) is 0 Å². The Balaban J connectivity index is 1.44. The summed E-state index contributed by atoms with van der Waals surface area (Å²) in [7, 11) is 0. The highest BCUT2D eigenvalue weighted by Crippen LogP contribution is 2.33. The molecule has 2 aromatic rings. The first-order chi connectivity index (χ1) is 17.2. The molecule has 202 valence electrons. The standard InChI is InChI=1S/C24H32F3N7O3/c1-15-6-7-34(15)21-29-18(10-19(30-21)24(25,26)27)17-11-28-32(13-17)14-20(35)33-9-8-31(12-16(33)2)22(36)37-23(3,4)5/h10-11,13,15-16H,6-9,12,14H2,1-5H3/t15-,16-/m0/s1. The molecule has 0 unspecified atom stereocenters. The summed E-state index contributed by atoms with van der Waals surface area (Å²) < 4.78 is 47.3. The van der Waals surface area contributed by atoms with Crippen molar-refractivity contribution in [3.8, 4) is 11.3 Å². The predicted octanol–water partition coefficient (Wildman–Crippen LogP) is 3.43. The average Bonchev–Trinajstić information content (AvgIpc) is 3.24. The van der Waals surface area contributed by atoms with Crippen LogP contribution in [0.4, 0.5) is 23.9 Å². The van der Waals surface area contributed by atoms with Gasteiger partial charge in [0.2, 0.25) is 11.9 Å². The van der Waals surface area contributed by atoms with E-state index in [1.54, 1.807) is 35.5 Å². The Labute approximate surface area is 213 Å². The minimum Gasteiger partial charge on any atom is -0.444 e. The zero-order chi connectivity index (χ0) is 27.1. The summed E-state index contributed by atoms with van der Waals surface area (Å²) in [6.07, 6.45) is -1.28. The number of hydrogen-bond acceptors (Lipinski definition) is 7. The second-order valence-corrected chi connectivity index (χ2v) is 10.6. The first-order valence-corrected chi connectivity index (χ1v) is 12.2. The molecule has 4 heterocycles. The van der Waals surface area contributed by atoms with Crippen LogP contribution in [-0.2, 0) is 22.3 Å². The van der Waals surface area contributed by atoms with Crippen LogP contribution in [0.3, 0.4) is 0 Å². The molecule has 0 aromatic carbocycles. The van der Waals surface area contributed by atoms with Gasteiger partial charge >= 0.3 is 12.3 Å². The second kappa shape index (κ2) is 9.82. The summed E-state index contributed by atoms with van der Waals surface area (Å²) in [5.74, 6) is -0.177. The molecule has 0 radical (unpaired) electrons. The highest BCUT2D eigenvalue weighted by Gasteiger charge is 2.36. The summed E-state index contributed by atoms with van der Waals surface area (Å²) in [6, 6.07) is 0.727. The number of rotatable bonds is 4. The van der Waals surface area contributed by atoms with E-state index in [2.05, 4.69) is 15.1 Å². The number of ether oxygens (including phenoxy) is 1. The molecule has 2 fully saturated rings. The van der Waals surface area contributed by atoms with Crippen molar-refractivity contribution < 1.29 is 27.5 Å². The zero-order valence-electron chi connectivity index (χ0n) is 21.6. The fourth-order valence-electron chi connectivity index (χ4n) is 4.30. The lowest BCUT2D eigenvalue weighted by Gasteiger charge is -2.40. The molecule has 37 heavy (non-hydrogen) atoms. The van der Waals surface area contributed by atoms with Crippen LogP contribution in [0.2, 0.25) is 0 Å². The molecule has 0 spiro atoms. The van der Waals surface area contributed by atoms with Crippen LogP contribution in [0, 0.1) is 0 Å². The highest BCUT2D eigenvalue weighted by atomic mass is 19.4. The van der Waals surface area contributed by atoms with Crippen LogP contribution in [0.25, 0.3) is 11.3 Å². The van der Waals surface area contributed by atoms with E-state index in [0.717, 1.165) is 12.5 Å². The Morgan fingerprint density at radius 2 is 1.81 bits per heavy atom. The number of hydrogen-bond donors (Lipinski definition) is 0. The van der Waals surface area contributed by atoms with Gasteiger partial charge in [0.05, 0.1) is 11.9 Å². The van der Waals surface area contributed by atoms with Crippen LogP contribution < -0.4 is 4.90 Å². The number of halogens is 3. The molecule has 2 amide bonds. The number of piperazine rings is 1. The third-order valence-corrected chi connectivity index (χ3v) is 6.41. The Kier molecular flexibility index (Phi) is 7.08. The SMILES string of the molecule is C[C@H]1CN(C(=O)OC(C)(C)C)CCN1C(=O)Cn1cc(-c2cc(C(F)(F)F)nc(N3CC[C@@H]3C)n2)cn1. The maximum Gasteiger partial charge on any atom is 0.433 e. The van der Waals surface area contributed by atoms with Gasteiger partial charge in [-0.3, -0.25) is 9.48 Å². The van der Waals surface area contributed by atoms with Crippen molar-refractivity contribution in [1.29, 1.82) is 0 Å². The van der Waals surface area contributed by atoms with Gasteiger partial charge in [-0.15, -0.1) is 0 Å². The van der Waals surface area contributed by atoms with Crippen molar-refractivity contribution in [2.75, 3.05) is 31.1 Å². The van der Waals surface area contributed by atoms with E-state index in [1.807, 2.05) is 13.8 Å². The summed E-state index contributed by atoms with van der Waals surface area (Å²) in [4.78, 5) is 38.4. The van der Waals surface area contributed by atoms with Crippen LogP contribution in [0.15, 0.2) is 18.5 Å². The number of anilines is 1. The van der Waals surface area contributed by atoms with Crippen LogP contribution in [0.5, 0.6) is 0 Å². The van der Waals surface area contributed by atoms with Gasteiger partial charge in [0, 0.05) is 50.0 Å². The number of alkyl halides is 3. The quantitative estimate of drug-likeness (QED) is 0.606. The molecule has 2 aromatic heterocycles. The molecular weight excluding hydrogens is 491 g/mol. The first kappa shape index (κ1) is 26.7. The van der Waals surface area contributed by atoms with E-state index in [9.17, 15) is 22.8 Å². The van der Waals surface area contributed by atoms with E-state index in [1.165, 1.54) is 17.1 Å². The molecule has 13 heteroatoms. The lowest BCUT2D eigenvalue weighted by molar-refractivity contribution is -0.141. The predicted molar refractivity (Wildman–Crippen MR) is 129 cm³/mol. The Morgan fingerprint density at radius 1 is 1.08 bits per heavy atom. The van der Waals surface area contributed by atoms with Gasteiger partial charge in [-0.1, -0.05) is 0 Å². The molecular formula is C24H32F3N7O3. The maximum absolute atomic E-state index is 13.5. The first-order valence-electron chi connectivity index (χ1n) is 12.2. The molecule has 2 saturated heterocycles. The third kappa shape index (κ3) is 6.13. The number of aromatic nitrogens is 4. The van der Waals surface area contributed by atoms with Gasteiger partial charge in [0.15, 0.2) is 5.69 Å². The van der Waals surface area contributed by atoms with E-state index in [0.29, 0.717) is 31.7 Å². The normalized spacial score (nSPS) is 20.6. The molecule has 0 aliphatic carbocycles. The van der Waals surface area contributed by atoms with Crippen molar-refractivity contribution in [2.45, 2.75) is 71.4 Å². The van der Waals surface area contributed by atoms with Crippen molar-refractivity contribution in [3.05, 3.63) is 24.2 Å². The number of amides is 2.